The zero-order chi connectivity index (χ0) is 25.8. The standard InChI is InChI=1S/C23H28N6O6S/c1-13-7-8-16(14(2)9-13)36(30,31)35-22-19-18(33-23(3,4)34-19)17(32-22)15-10-24-21-20(26-12-28(5)6)25-11-27-29(15)21/h7-12,17-19,22H,1-6H3/t17-,18-,19+,22+/m0/s1. The van der Waals surface area contributed by atoms with Gasteiger partial charge in [0, 0.05) is 14.1 Å². The van der Waals surface area contributed by atoms with E-state index in [-0.39, 0.29) is 4.90 Å². The van der Waals surface area contributed by atoms with E-state index in [1.165, 1.54) is 12.4 Å². The highest BCUT2D eigenvalue weighted by atomic mass is 32.2. The van der Waals surface area contributed by atoms with Crippen molar-refractivity contribution in [2.45, 2.75) is 63.0 Å². The number of hydrogen-bond acceptors (Lipinski definition) is 10. The summed E-state index contributed by atoms with van der Waals surface area (Å²) >= 11 is 0. The van der Waals surface area contributed by atoms with Crippen molar-refractivity contribution in [3.63, 3.8) is 0 Å². The SMILES string of the molecule is Cc1ccc(S(=O)(=O)O[C@H]2O[C@@H](c3cnc4c(N=CN(C)C)ncnn34)[C@@H]3OC(C)(C)O[C@@H]23)c(C)c1. The molecule has 2 saturated heterocycles. The minimum absolute atomic E-state index is 0.0702. The average molecular weight is 517 g/mol. The van der Waals surface area contributed by atoms with Gasteiger partial charge in [-0.25, -0.2) is 23.7 Å². The summed E-state index contributed by atoms with van der Waals surface area (Å²) in [5, 5.41) is 4.31. The van der Waals surface area contributed by atoms with Gasteiger partial charge in [-0.05, 0) is 39.3 Å². The summed E-state index contributed by atoms with van der Waals surface area (Å²) in [5.41, 5.74) is 2.47. The molecule has 5 rings (SSSR count). The third kappa shape index (κ3) is 4.48. The molecule has 2 aliphatic rings. The van der Waals surface area contributed by atoms with Crippen molar-refractivity contribution in [1.82, 2.24) is 24.5 Å². The highest BCUT2D eigenvalue weighted by Crippen LogP contribution is 2.46. The molecule has 2 aromatic heterocycles. The Morgan fingerprint density at radius 1 is 1.17 bits per heavy atom. The number of nitrogens with zero attached hydrogens (tertiary/aromatic N) is 6. The first-order valence-corrected chi connectivity index (χ1v) is 12.8. The van der Waals surface area contributed by atoms with E-state index in [1.54, 1.807) is 54.9 Å². The van der Waals surface area contributed by atoms with Gasteiger partial charge in [-0.2, -0.15) is 13.5 Å². The minimum atomic E-state index is -4.16. The molecule has 0 saturated carbocycles. The zero-order valence-electron chi connectivity index (χ0n) is 20.8. The molecule has 36 heavy (non-hydrogen) atoms. The molecule has 4 atom stereocenters. The summed E-state index contributed by atoms with van der Waals surface area (Å²) in [5.74, 6) is -0.604. The summed E-state index contributed by atoms with van der Waals surface area (Å²) in [6.07, 6.45) is 1.07. The van der Waals surface area contributed by atoms with Crippen LogP contribution in [-0.2, 0) is 28.5 Å². The summed E-state index contributed by atoms with van der Waals surface area (Å²) < 4.78 is 51.8. The van der Waals surface area contributed by atoms with Crippen LogP contribution in [0.5, 0.6) is 0 Å². The lowest BCUT2D eigenvalue weighted by atomic mass is 10.1. The molecule has 192 valence electrons. The van der Waals surface area contributed by atoms with E-state index in [0.29, 0.717) is 22.7 Å². The van der Waals surface area contributed by atoms with Gasteiger partial charge < -0.3 is 19.1 Å². The molecule has 0 spiro atoms. The lowest BCUT2D eigenvalue weighted by molar-refractivity contribution is -0.214. The number of rotatable bonds is 6. The summed E-state index contributed by atoms with van der Waals surface area (Å²) in [6.45, 7) is 7.12. The fraction of sp³-hybridized carbons (Fsp3) is 0.478. The summed E-state index contributed by atoms with van der Waals surface area (Å²) in [4.78, 5) is 14.8. The molecule has 1 aromatic carbocycles. The first kappa shape index (κ1) is 24.7. The second kappa shape index (κ2) is 8.85. The van der Waals surface area contributed by atoms with Gasteiger partial charge in [0.15, 0.2) is 11.4 Å². The molecule has 0 radical (unpaired) electrons. The van der Waals surface area contributed by atoms with Crippen molar-refractivity contribution in [3.05, 3.63) is 47.5 Å². The number of benzene rings is 1. The van der Waals surface area contributed by atoms with Gasteiger partial charge in [0.25, 0.3) is 10.1 Å². The molecule has 0 amide bonds. The maximum Gasteiger partial charge on any atom is 0.299 e. The smallest absolute Gasteiger partial charge is 0.299 e. The molecule has 2 fully saturated rings. The number of aliphatic imine (C=N–C) groups is 1. The van der Waals surface area contributed by atoms with Crippen molar-refractivity contribution >= 4 is 27.9 Å². The van der Waals surface area contributed by atoms with Gasteiger partial charge in [-0.15, -0.1) is 0 Å². The van der Waals surface area contributed by atoms with Crippen LogP contribution in [0.1, 0.15) is 36.8 Å². The summed E-state index contributed by atoms with van der Waals surface area (Å²) in [7, 11) is -0.468. The largest absolute Gasteiger partial charge is 0.369 e. The molecule has 0 bridgehead atoms. The topological polar surface area (TPSA) is 130 Å². The van der Waals surface area contributed by atoms with Crippen LogP contribution in [0, 0.1) is 13.8 Å². The predicted octanol–water partition coefficient (Wildman–Crippen LogP) is 2.29. The second-order valence-corrected chi connectivity index (χ2v) is 11.1. The van der Waals surface area contributed by atoms with E-state index in [0.717, 1.165) is 5.56 Å². The Kier molecular flexibility index (Phi) is 6.08. The van der Waals surface area contributed by atoms with E-state index in [2.05, 4.69) is 20.1 Å². The Morgan fingerprint density at radius 3 is 2.64 bits per heavy atom. The number of ether oxygens (including phenoxy) is 3. The Morgan fingerprint density at radius 2 is 1.92 bits per heavy atom. The van der Waals surface area contributed by atoms with Crippen LogP contribution in [0.15, 0.2) is 40.6 Å². The van der Waals surface area contributed by atoms with Gasteiger partial charge in [0.2, 0.25) is 12.1 Å². The van der Waals surface area contributed by atoms with Crippen LogP contribution in [0.2, 0.25) is 0 Å². The quantitative estimate of drug-likeness (QED) is 0.273. The summed E-state index contributed by atoms with van der Waals surface area (Å²) in [6, 6.07) is 5.03. The van der Waals surface area contributed by atoms with Gasteiger partial charge >= 0.3 is 0 Å². The predicted molar refractivity (Wildman–Crippen MR) is 128 cm³/mol. The molecule has 0 unspecified atom stereocenters. The average Bonchev–Trinajstić information content (AvgIpc) is 3.43. The fourth-order valence-corrected chi connectivity index (χ4v) is 5.61. The molecule has 13 heteroatoms. The first-order chi connectivity index (χ1) is 16.9. The zero-order valence-corrected chi connectivity index (χ0v) is 21.6. The first-order valence-electron chi connectivity index (χ1n) is 11.4. The van der Waals surface area contributed by atoms with Gasteiger partial charge in [-0.3, -0.25) is 0 Å². The molecule has 2 aliphatic heterocycles. The number of fused-ring (bicyclic) bond motifs is 2. The number of hydrogen-bond donors (Lipinski definition) is 0. The molecular formula is C23H28N6O6S. The van der Waals surface area contributed by atoms with Crippen molar-refractivity contribution in [1.29, 1.82) is 0 Å². The maximum atomic E-state index is 13.2. The Labute approximate surface area is 209 Å². The van der Waals surface area contributed by atoms with Crippen molar-refractivity contribution in [2.75, 3.05) is 14.1 Å². The van der Waals surface area contributed by atoms with Crippen LogP contribution in [0.4, 0.5) is 5.82 Å². The molecule has 0 aliphatic carbocycles. The van der Waals surface area contributed by atoms with Gasteiger partial charge in [0.05, 0.1) is 23.1 Å². The fourth-order valence-electron chi connectivity index (χ4n) is 4.41. The van der Waals surface area contributed by atoms with E-state index in [1.807, 2.05) is 21.0 Å². The van der Waals surface area contributed by atoms with E-state index >= 15 is 0 Å². The normalized spacial score (nSPS) is 25.6. The Bertz CT molecular complexity index is 1440. The van der Waals surface area contributed by atoms with Crippen molar-refractivity contribution in [3.8, 4) is 0 Å². The lowest BCUT2D eigenvalue weighted by Crippen LogP contribution is -2.33. The van der Waals surface area contributed by atoms with E-state index < -0.39 is 40.5 Å². The van der Waals surface area contributed by atoms with Crippen LogP contribution in [-0.4, -0.2) is 77.6 Å². The monoisotopic (exact) mass is 516 g/mol. The third-order valence-electron chi connectivity index (χ3n) is 5.85. The van der Waals surface area contributed by atoms with Crippen LogP contribution in [0.3, 0.4) is 0 Å². The van der Waals surface area contributed by atoms with Crippen molar-refractivity contribution < 1.29 is 26.8 Å². The third-order valence-corrected chi connectivity index (χ3v) is 7.29. The van der Waals surface area contributed by atoms with E-state index in [9.17, 15) is 8.42 Å². The van der Waals surface area contributed by atoms with E-state index in [4.69, 9.17) is 18.4 Å². The van der Waals surface area contributed by atoms with Gasteiger partial charge in [0.1, 0.15) is 24.6 Å². The molecule has 12 nitrogen and oxygen atoms in total. The molecule has 0 N–H and O–H groups in total. The Balaban J connectivity index is 1.49. The number of imidazole rings is 1. The molecule has 3 aromatic rings. The highest BCUT2D eigenvalue weighted by molar-refractivity contribution is 7.86. The van der Waals surface area contributed by atoms with Crippen LogP contribution in [0.25, 0.3) is 5.65 Å². The number of aryl methyl sites for hydroxylation is 2. The molecular weight excluding hydrogens is 488 g/mol. The van der Waals surface area contributed by atoms with Crippen LogP contribution >= 0.6 is 0 Å². The lowest BCUT2D eigenvalue weighted by Gasteiger charge is -2.24. The second-order valence-electron chi connectivity index (χ2n) is 9.52. The minimum Gasteiger partial charge on any atom is -0.369 e. The van der Waals surface area contributed by atoms with Gasteiger partial charge in [-0.1, -0.05) is 17.7 Å². The van der Waals surface area contributed by atoms with Crippen molar-refractivity contribution in [2.24, 2.45) is 4.99 Å². The maximum absolute atomic E-state index is 13.2. The highest BCUT2D eigenvalue weighted by Gasteiger charge is 2.58. The Hall–Kier alpha value is -2.97. The van der Waals surface area contributed by atoms with Crippen LogP contribution < -0.4 is 0 Å². The number of aromatic nitrogens is 4. The molecule has 4 heterocycles.